The van der Waals surface area contributed by atoms with Crippen LogP contribution in [0.5, 0.6) is 0 Å². The number of piperazine rings is 1. The highest BCUT2D eigenvalue weighted by molar-refractivity contribution is 7.90. The molecule has 2 rings (SSSR count). The molecule has 1 aliphatic heterocycles. The van der Waals surface area contributed by atoms with E-state index in [1.807, 2.05) is 12.1 Å². The summed E-state index contributed by atoms with van der Waals surface area (Å²) in [7, 11) is -0.951. The van der Waals surface area contributed by atoms with Gasteiger partial charge in [-0.1, -0.05) is 0 Å². The minimum Gasteiger partial charge on any atom is -0.384 e. The highest BCUT2D eigenvalue weighted by atomic mass is 32.2. The lowest BCUT2D eigenvalue weighted by Gasteiger charge is -2.32. The van der Waals surface area contributed by atoms with Crippen molar-refractivity contribution in [3.05, 3.63) is 24.3 Å². The summed E-state index contributed by atoms with van der Waals surface area (Å²) in [5.41, 5.74) is 0.964. The summed E-state index contributed by atoms with van der Waals surface area (Å²) < 4.78 is 22.7. The van der Waals surface area contributed by atoms with Gasteiger partial charge in [0.2, 0.25) is 0 Å². The van der Waals surface area contributed by atoms with Crippen LogP contribution in [0.1, 0.15) is 0 Å². The zero-order valence-corrected chi connectivity index (χ0v) is 13.0. The molecule has 0 amide bonds. The first-order valence-corrected chi connectivity index (χ1v) is 8.79. The molecule has 1 aromatic carbocycles. The Hall–Kier alpha value is -1.11. The van der Waals surface area contributed by atoms with E-state index in [4.69, 9.17) is 0 Å². The molecule has 1 aromatic rings. The van der Waals surface area contributed by atoms with E-state index in [-0.39, 0.29) is 0 Å². The molecule has 1 fully saturated rings. The second-order valence-electron chi connectivity index (χ2n) is 5.37. The Balaban J connectivity index is 1.77. The van der Waals surface area contributed by atoms with Crippen LogP contribution in [-0.4, -0.2) is 70.8 Å². The maximum atomic E-state index is 11.4. The largest absolute Gasteiger partial charge is 0.384 e. The molecule has 0 aliphatic carbocycles. The minimum atomic E-state index is -3.10. The van der Waals surface area contributed by atoms with Gasteiger partial charge in [0.25, 0.3) is 0 Å². The van der Waals surface area contributed by atoms with Gasteiger partial charge >= 0.3 is 0 Å². The molecule has 6 heteroatoms. The Kier molecular flexibility index (Phi) is 5.01. The van der Waals surface area contributed by atoms with Gasteiger partial charge in [0.15, 0.2) is 9.84 Å². The van der Waals surface area contributed by atoms with E-state index >= 15 is 0 Å². The van der Waals surface area contributed by atoms with Gasteiger partial charge in [-0.05, 0) is 31.3 Å². The van der Waals surface area contributed by atoms with Crippen LogP contribution >= 0.6 is 0 Å². The molecule has 0 bridgehead atoms. The summed E-state index contributed by atoms with van der Waals surface area (Å²) in [6.07, 6.45) is 1.23. The fraction of sp³-hybridized carbons (Fsp3) is 0.571. The number of benzene rings is 1. The third-order valence-corrected chi connectivity index (χ3v) is 4.76. The number of anilines is 1. The molecule has 1 N–H and O–H groups in total. The predicted molar refractivity (Wildman–Crippen MR) is 82.0 cm³/mol. The van der Waals surface area contributed by atoms with Crippen molar-refractivity contribution in [1.82, 2.24) is 9.80 Å². The lowest BCUT2D eigenvalue weighted by molar-refractivity contribution is 0.158. The second kappa shape index (κ2) is 6.56. The highest BCUT2D eigenvalue weighted by Crippen LogP contribution is 2.13. The van der Waals surface area contributed by atoms with Crippen LogP contribution in [-0.2, 0) is 9.84 Å². The van der Waals surface area contributed by atoms with Crippen LogP contribution in [0.2, 0.25) is 0 Å². The van der Waals surface area contributed by atoms with Crippen LogP contribution in [0.15, 0.2) is 29.2 Å². The lowest BCUT2D eigenvalue weighted by atomic mass is 10.3. The van der Waals surface area contributed by atoms with Gasteiger partial charge in [-0.3, -0.25) is 4.90 Å². The average molecular weight is 297 g/mol. The summed E-state index contributed by atoms with van der Waals surface area (Å²) in [5.74, 6) is 0. The molecule has 0 aromatic heterocycles. The molecule has 0 saturated carbocycles. The van der Waals surface area contributed by atoms with Crippen molar-refractivity contribution in [1.29, 1.82) is 0 Å². The molecule has 5 nitrogen and oxygen atoms in total. The number of rotatable bonds is 5. The number of nitrogens with one attached hydrogen (secondary N) is 1. The van der Waals surface area contributed by atoms with E-state index in [0.29, 0.717) is 4.90 Å². The second-order valence-corrected chi connectivity index (χ2v) is 7.38. The zero-order valence-electron chi connectivity index (χ0n) is 12.2. The van der Waals surface area contributed by atoms with E-state index in [2.05, 4.69) is 22.2 Å². The Morgan fingerprint density at radius 3 is 2.25 bits per heavy atom. The smallest absolute Gasteiger partial charge is 0.175 e. The standard InChI is InChI=1S/C14H23N3O2S/c1-16-9-11-17(12-10-16)8-7-15-13-3-5-14(6-4-13)20(2,18)19/h3-6,15H,7-12H2,1-2H3. The Bertz CT molecular complexity index is 520. The quantitative estimate of drug-likeness (QED) is 0.869. The van der Waals surface area contributed by atoms with Crippen LogP contribution < -0.4 is 5.32 Å². The van der Waals surface area contributed by atoms with Crippen LogP contribution in [0, 0.1) is 0 Å². The van der Waals surface area contributed by atoms with Crippen LogP contribution in [0.3, 0.4) is 0 Å². The average Bonchev–Trinajstić information content (AvgIpc) is 2.41. The van der Waals surface area contributed by atoms with E-state index in [0.717, 1.165) is 45.0 Å². The number of hydrogen-bond donors (Lipinski definition) is 1. The summed E-state index contributed by atoms with van der Waals surface area (Å²) in [4.78, 5) is 5.15. The van der Waals surface area contributed by atoms with Gasteiger partial charge in [0, 0.05) is 51.2 Å². The molecule has 0 atom stereocenters. The topological polar surface area (TPSA) is 52.6 Å². The molecule has 20 heavy (non-hydrogen) atoms. The van der Waals surface area contributed by atoms with E-state index in [1.165, 1.54) is 6.26 Å². The molecule has 112 valence electrons. The molecule has 1 aliphatic rings. The Morgan fingerprint density at radius 1 is 1.10 bits per heavy atom. The van der Waals surface area contributed by atoms with Gasteiger partial charge in [-0.25, -0.2) is 8.42 Å². The van der Waals surface area contributed by atoms with Gasteiger partial charge in [0.1, 0.15) is 0 Å². The van der Waals surface area contributed by atoms with Crippen molar-refractivity contribution in [2.75, 3.05) is 57.9 Å². The fourth-order valence-corrected chi connectivity index (χ4v) is 2.88. The number of likely N-dealkylation sites (N-methyl/N-ethyl adjacent to an activating group) is 1. The minimum absolute atomic E-state index is 0.363. The summed E-state index contributed by atoms with van der Waals surface area (Å²) in [5, 5.41) is 3.33. The molecular weight excluding hydrogens is 274 g/mol. The zero-order chi connectivity index (χ0) is 14.6. The maximum Gasteiger partial charge on any atom is 0.175 e. The lowest BCUT2D eigenvalue weighted by Crippen LogP contribution is -2.45. The maximum absolute atomic E-state index is 11.4. The normalized spacial score (nSPS) is 18.1. The molecular formula is C14H23N3O2S. The van der Waals surface area contributed by atoms with E-state index in [1.54, 1.807) is 12.1 Å². The first-order chi connectivity index (χ1) is 9.45. The predicted octanol–water partition coefficient (Wildman–Crippen LogP) is 0.749. The molecule has 1 heterocycles. The van der Waals surface area contributed by atoms with Gasteiger partial charge in [-0.2, -0.15) is 0 Å². The number of nitrogens with zero attached hydrogens (tertiary/aromatic N) is 2. The van der Waals surface area contributed by atoms with Crippen molar-refractivity contribution < 1.29 is 8.42 Å². The number of sulfone groups is 1. The first-order valence-electron chi connectivity index (χ1n) is 6.90. The van der Waals surface area contributed by atoms with Crippen molar-refractivity contribution in [2.24, 2.45) is 0 Å². The van der Waals surface area contributed by atoms with Crippen LogP contribution in [0.25, 0.3) is 0 Å². The van der Waals surface area contributed by atoms with Crippen molar-refractivity contribution >= 4 is 15.5 Å². The summed E-state index contributed by atoms with van der Waals surface area (Å²) >= 11 is 0. The van der Waals surface area contributed by atoms with Crippen molar-refractivity contribution in [2.45, 2.75) is 4.90 Å². The fourth-order valence-electron chi connectivity index (χ4n) is 2.25. The molecule has 0 radical (unpaired) electrons. The van der Waals surface area contributed by atoms with Gasteiger partial charge < -0.3 is 10.2 Å². The van der Waals surface area contributed by atoms with Crippen molar-refractivity contribution in [3.63, 3.8) is 0 Å². The third-order valence-electron chi connectivity index (χ3n) is 3.64. The SMILES string of the molecule is CN1CCN(CCNc2ccc(S(C)(=O)=O)cc2)CC1. The number of hydrogen-bond acceptors (Lipinski definition) is 5. The monoisotopic (exact) mass is 297 g/mol. The first kappa shape index (κ1) is 15.3. The van der Waals surface area contributed by atoms with E-state index in [9.17, 15) is 8.42 Å². The molecule has 0 spiro atoms. The molecule has 1 saturated heterocycles. The van der Waals surface area contributed by atoms with Crippen molar-refractivity contribution in [3.8, 4) is 0 Å². The van der Waals surface area contributed by atoms with Crippen LogP contribution in [0.4, 0.5) is 5.69 Å². The van der Waals surface area contributed by atoms with Gasteiger partial charge in [0.05, 0.1) is 4.90 Å². The summed E-state index contributed by atoms with van der Waals surface area (Å²) in [6, 6.07) is 6.93. The summed E-state index contributed by atoms with van der Waals surface area (Å²) in [6.45, 7) is 6.38. The van der Waals surface area contributed by atoms with Gasteiger partial charge in [-0.15, -0.1) is 0 Å². The highest BCUT2D eigenvalue weighted by Gasteiger charge is 2.12. The molecule has 0 unspecified atom stereocenters. The Labute approximate surface area is 121 Å². The Morgan fingerprint density at radius 2 is 1.70 bits per heavy atom. The van der Waals surface area contributed by atoms with E-state index < -0.39 is 9.84 Å². The third kappa shape index (κ3) is 4.47.